The molecule has 1 unspecified atom stereocenters. The first-order chi connectivity index (χ1) is 13.0. The van der Waals surface area contributed by atoms with Crippen LogP contribution in [0.2, 0.25) is 0 Å². The molecule has 28 heavy (non-hydrogen) atoms. The van der Waals surface area contributed by atoms with Crippen LogP contribution in [-0.2, 0) is 0 Å². The second-order valence-electron chi connectivity index (χ2n) is 13.4. The van der Waals surface area contributed by atoms with Crippen LogP contribution in [0.3, 0.4) is 0 Å². The van der Waals surface area contributed by atoms with E-state index in [1.807, 2.05) is 0 Å². The van der Waals surface area contributed by atoms with E-state index in [1.54, 1.807) is 0 Å². The molecule has 0 spiro atoms. The summed E-state index contributed by atoms with van der Waals surface area (Å²) >= 11 is 0. The molecule has 4 fully saturated rings. The van der Waals surface area contributed by atoms with E-state index in [1.165, 1.54) is 57.8 Å². The Kier molecular flexibility index (Phi) is 5.51. The molecule has 1 N–H and O–H groups in total. The fourth-order valence-electron chi connectivity index (χ4n) is 9.07. The van der Waals surface area contributed by atoms with Crippen molar-refractivity contribution in [3.63, 3.8) is 0 Å². The number of fused-ring (bicyclic) bond motifs is 5. The zero-order valence-corrected chi connectivity index (χ0v) is 19.8. The van der Waals surface area contributed by atoms with Gasteiger partial charge >= 0.3 is 0 Å². The molecule has 0 amide bonds. The third-order valence-corrected chi connectivity index (χ3v) is 10.7. The van der Waals surface area contributed by atoms with Crippen molar-refractivity contribution in [2.24, 2.45) is 51.8 Å². The molecule has 0 aromatic rings. The summed E-state index contributed by atoms with van der Waals surface area (Å²) in [5.41, 5.74) is 1.61. The van der Waals surface area contributed by atoms with Crippen LogP contribution in [0, 0.1) is 51.8 Å². The molecule has 0 aliphatic heterocycles. The lowest BCUT2D eigenvalue weighted by molar-refractivity contribution is -0.129. The van der Waals surface area contributed by atoms with Gasteiger partial charge in [0.2, 0.25) is 0 Å². The van der Waals surface area contributed by atoms with E-state index < -0.39 is 0 Å². The third kappa shape index (κ3) is 3.50. The van der Waals surface area contributed by atoms with Gasteiger partial charge in [0.1, 0.15) is 0 Å². The van der Waals surface area contributed by atoms with Crippen molar-refractivity contribution in [3.05, 3.63) is 0 Å². The molecule has 0 aromatic heterocycles. The van der Waals surface area contributed by atoms with Gasteiger partial charge in [-0.25, -0.2) is 0 Å². The fraction of sp³-hybridized carbons (Fsp3) is 1.00. The molecular formula is C27H48O. The molecule has 0 heterocycles. The Hall–Kier alpha value is -0.0400. The molecule has 4 aliphatic rings. The maximum atomic E-state index is 10.3. The normalized spacial score (nSPS) is 49.8. The summed E-state index contributed by atoms with van der Waals surface area (Å²) in [5.74, 6) is 5.56. The second-order valence-corrected chi connectivity index (χ2v) is 13.4. The van der Waals surface area contributed by atoms with Gasteiger partial charge in [0, 0.05) is 0 Å². The van der Waals surface area contributed by atoms with Crippen LogP contribution in [0.4, 0.5) is 0 Å². The van der Waals surface area contributed by atoms with Gasteiger partial charge in [-0.05, 0) is 122 Å². The SMILES string of the molecule is C[C@H](CCC(C)(C)C)[C@H]1CC[C@H]2[C@@H]3CCC4C[C@@H](O)CC[C@]4(C)[C@H]3CC[C@]12C. The zero-order chi connectivity index (χ0) is 20.3. The Morgan fingerprint density at radius 1 is 0.893 bits per heavy atom. The summed E-state index contributed by atoms with van der Waals surface area (Å²) in [4.78, 5) is 0. The maximum absolute atomic E-state index is 10.3. The van der Waals surface area contributed by atoms with Crippen LogP contribution in [0.5, 0.6) is 0 Å². The first-order valence-corrected chi connectivity index (χ1v) is 12.7. The van der Waals surface area contributed by atoms with E-state index in [4.69, 9.17) is 0 Å². The van der Waals surface area contributed by atoms with Gasteiger partial charge in [0.15, 0.2) is 0 Å². The standard InChI is InChI=1S/C27H48O/c1-18(11-14-25(2,3)4)22-9-10-23-21-8-7-19-17-20(28)12-15-26(19,5)24(21)13-16-27(22,23)6/h18-24,28H,7-17H2,1-6H3/t18-,19?,20+,21+,22-,23+,24+,26+,27-/m1/s1. The summed E-state index contributed by atoms with van der Waals surface area (Å²) < 4.78 is 0. The molecule has 4 rings (SSSR count). The molecule has 1 nitrogen and oxygen atoms in total. The van der Waals surface area contributed by atoms with E-state index in [2.05, 4.69) is 41.5 Å². The van der Waals surface area contributed by atoms with Crippen molar-refractivity contribution in [3.8, 4) is 0 Å². The molecule has 9 atom stereocenters. The van der Waals surface area contributed by atoms with Crippen molar-refractivity contribution in [2.45, 2.75) is 118 Å². The van der Waals surface area contributed by atoms with Crippen LogP contribution in [0.25, 0.3) is 0 Å². The first-order valence-electron chi connectivity index (χ1n) is 12.7. The smallest absolute Gasteiger partial charge is 0.0543 e. The van der Waals surface area contributed by atoms with Crippen molar-refractivity contribution in [1.82, 2.24) is 0 Å². The van der Waals surface area contributed by atoms with Gasteiger partial charge in [0.05, 0.1) is 6.10 Å². The van der Waals surface area contributed by atoms with E-state index >= 15 is 0 Å². The Balaban J connectivity index is 1.49. The molecule has 4 saturated carbocycles. The van der Waals surface area contributed by atoms with Crippen LogP contribution >= 0.6 is 0 Å². The van der Waals surface area contributed by atoms with Crippen LogP contribution in [0.15, 0.2) is 0 Å². The number of hydrogen-bond donors (Lipinski definition) is 1. The minimum atomic E-state index is -0.0111. The summed E-state index contributed by atoms with van der Waals surface area (Å²) in [5, 5.41) is 10.3. The van der Waals surface area contributed by atoms with E-state index in [-0.39, 0.29) is 6.10 Å². The van der Waals surface area contributed by atoms with Gasteiger partial charge in [-0.15, -0.1) is 0 Å². The highest BCUT2D eigenvalue weighted by atomic mass is 16.3. The highest BCUT2D eigenvalue weighted by Crippen LogP contribution is 2.68. The second kappa shape index (κ2) is 7.28. The highest BCUT2D eigenvalue weighted by molar-refractivity contribution is 5.09. The number of rotatable bonds is 3. The molecule has 162 valence electrons. The monoisotopic (exact) mass is 388 g/mol. The number of aliphatic hydroxyl groups is 1. The molecule has 1 heteroatoms. The molecular weight excluding hydrogens is 340 g/mol. The lowest BCUT2D eigenvalue weighted by Crippen LogP contribution is -2.54. The van der Waals surface area contributed by atoms with Gasteiger partial charge in [0.25, 0.3) is 0 Å². The zero-order valence-electron chi connectivity index (χ0n) is 19.8. The predicted octanol–water partition coefficient (Wildman–Crippen LogP) is 7.47. The van der Waals surface area contributed by atoms with Crippen molar-refractivity contribution in [2.75, 3.05) is 0 Å². The molecule has 0 radical (unpaired) electrons. The average molecular weight is 389 g/mol. The van der Waals surface area contributed by atoms with Crippen LogP contribution in [-0.4, -0.2) is 11.2 Å². The van der Waals surface area contributed by atoms with Crippen molar-refractivity contribution < 1.29 is 5.11 Å². The Labute approximate surface area is 175 Å². The number of hydrogen-bond acceptors (Lipinski definition) is 1. The lowest BCUT2D eigenvalue weighted by Gasteiger charge is -2.61. The van der Waals surface area contributed by atoms with Gasteiger partial charge in [-0.2, -0.15) is 0 Å². The summed E-state index contributed by atoms with van der Waals surface area (Å²) in [7, 11) is 0. The fourth-order valence-corrected chi connectivity index (χ4v) is 9.07. The summed E-state index contributed by atoms with van der Waals surface area (Å²) in [6.45, 7) is 15.1. The molecule has 0 bridgehead atoms. The summed E-state index contributed by atoms with van der Waals surface area (Å²) in [6.07, 6.45) is 15.0. The number of aliphatic hydroxyl groups excluding tert-OH is 1. The van der Waals surface area contributed by atoms with E-state index in [9.17, 15) is 5.11 Å². The largest absolute Gasteiger partial charge is 0.393 e. The van der Waals surface area contributed by atoms with Crippen LogP contribution in [0.1, 0.15) is 112 Å². The Bertz CT molecular complexity index is 561. The third-order valence-electron chi connectivity index (χ3n) is 10.7. The topological polar surface area (TPSA) is 20.2 Å². The first kappa shape index (κ1) is 21.2. The van der Waals surface area contributed by atoms with Gasteiger partial charge in [-0.1, -0.05) is 41.5 Å². The van der Waals surface area contributed by atoms with E-state index in [0.717, 1.165) is 48.3 Å². The molecule has 4 aliphatic carbocycles. The van der Waals surface area contributed by atoms with Gasteiger partial charge < -0.3 is 5.11 Å². The molecule has 0 aromatic carbocycles. The van der Waals surface area contributed by atoms with Crippen molar-refractivity contribution in [1.29, 1.82) is 0 Å². The van der Waals surface area contributed by atoms with Crippen LogP contribution < -0.4 is 0 Å². The quantitative estimate of drug-likeness (QED) is 0.531. The minimum absolute atomic E-state index is 0.0111. The lowest BCUT2D eigenvalue weighted by atomic mass is 9.44. The summed E-state index contributed by atoms with van der Waals surface area (Å²) in [6, 6.07) is 0. The highest BCUT2D eigenvalue weighted by Gasteiger charge is 2.60. The van der Waals surface area contributed by atoms with Crippen molar-refractivity contribution >= 4 is 0 Å². The molecule has 0 saturated heterocycles. The predicted molar refractivity (Wildman–Crippen MR) is 119 cm³/mol. The van der Waals surface area contributed by atoms with Gasteiger partial charge in [-0.3, -0.25) is 0 Å². The Morgan fingerprint density at radius 3 is 2.29 bits per heavy atom. The van der Waals surface area contributed by atoms with E-state index in [0.29, 0.717) is 16.2 Å². The maximum Gasteiger partial charge on any atom is 0.0543 e. The average Bonchev–Trinajstić information content (AvgIpc) is 2.97. The minimum Gasteiger partial charge on any atom is -0.393 e. The Morgan fingerprint density at radius 2 is 1.57 bits per heavy atom.